The second-order valence-electron chi connectivity index (χ2n) is 6.78. The average Bonchev–Trinajstić information content (AvgIpc) is 3.10. The van der Waals surface area contributed by atoms with E-state index in [1.807, 2.05) is 12.1 Å². The first kappa shape index (κ1) is 19.6. The van der Waals surface area contributed by atoms with Crippen molar-refractivity contribution >= 4 is 11.9 Å². The van der Waals surface area contributed by atoms with Gasteiger partial charge in [0.25, 0.3) is 0 Å². The number of rotatable bonds is 6. The third kappa shape index (κ3) is 4.37. The fourth-order valence-corrected chi connectivity index (χ4v) is 3.30. The summed E-state index contributed by atoms with van der Waals surface area (Å²) in [5, 5.41) is 11.8. The van der Waals surface area contributed by atoms with E-state index in [4.69, 9.17) is 10.00 Å². The number of benzene rings is 2. The van der Waals surface area contributed by atoms with Crippen molar-refractivity contribution < 1.29 is 18.7 Å². The van der Waals surface area contributed by atoms with E-state index in [9.17, 15) is 14.0 Å². The van der Waals surface area contributed by atoms with Crippen LogP contribution in [-0.2, 0) is 27.2 Å². The molecular formula is C22H21FN2O3. The Hall–Kier alpha value is -3.20. The maximum absolute atomic E-state index is 13.6. The topological polar surface area (TPSA) is 79.2 Å². The number of nitriles is 1. The molecule has 1 aliphatic rings. The van der Waals surface area contributed by atoms with Crippen molar-refractivity contribution in [3.63, 3.8) is 0 Å². The summed E-state index contributed by atoms with van der Waals surface area (Å²) in [5.41, 5.74) is 2.67. The van der Waals surface area contributed by atoms with Crippen molar-refractivity contribution in [1.82, 2.24) is 5.32 Å². The van der Waals surface area contributed by atoms with E-state index in [1.54, 1.807) is 6.07 Å². The highest BCUT2D eigenvalue weighted by atomic mass is 19.1. The van der Waals surface area contributed by atoms with Gasteiger partial charge in [-0.15, -0.1) is 0 Å². The molecule has 0 aliphatic carbocycles. The molecule has 1 amide bonds. The van der Waals surface area contributed by atoms with Crippen LogP contribution < -0.4 is 5.32 Å². The number of amides is 1. The van der Waals surface area contributed by atoms with Gasteiger partial charge in [-0.25, -0.2) is 4.39 Å². The lowest BCUT2D eigenvalue weighted by molar-refractivity contribution is -0.141. The Morgan fingerprint density at radius 1 is 1.25 bits per heavy atom. The molecule has 1 fully saturated rings. The molecule has 5 nitrogen and oxygen atoms in total. The lowest BCUT2D eigenvalue weighted by Crippen LogP contribution is -2.33. The summed E-state index contributed by atoms with van der Waals surface area (Å²) in [5.74, 6) is -2.12. The minimum Gasteiger partial charge on any atom is -0.457 e. The third-order valence-corrected chi connectivity index (χ3v) is 4.93. The van der Waals surface area contributed by atoms with Crippen LogP contribution in [-0.4, -0.2) is 18.4 Å². The van der Waals surface area contributed by atoms with Crippen molar-refractivity contribution in [3.05, 3.63) is 70.5 Å². The van der Waals surface area contributed by atoms with Crippen molar-refractivity contribution in [2.45, 2.75) is 32.3 Å². The van der Waals surface area contributed by atoms with E-state index >= 15 is 0 Å². The van der Waals surface area contributed by atoms with Crippen LogP contribution in [0.2, 0.25) is 0 Å². The van der Waals surface area contributed by atoms with Crippen molar-refractivity contribution in [1.29, 1.82) is 5.26 Å². The minimum absolute atomic E-state index is 0.0407. The Morgan fingerprint density at radius 2 is 1.96 bits per heavy atom. The largest absolute Gasteiger partial charge is 0.457 e. The Bertz CT molecular complexity index is 918. The first-order chi connectivity index (χ1) is 13.5. The molecule has 1 heterocycles. The number of hydrogen-bond acceptors (Lipinski definition) is 4. The smallest absolute Gasteiger partial charge is 0.307 e. The number of cyclic esters (lactones) is 1. The molecule has 28 heavy (non-hydrogen) atoms. The standard InChI is InChI=1S/C22H21FN2O3/c1-2-14-3-5-15(6-4-14)9-10-25-22(27)18-12-20(26)28-21(18)16-7-8-19(23)17(11-16)13-24/h3-8,11,18,21H,2,9-10,12H2,1H3,(H,25,27)/t18-,21?/m0/s1. The van der Waals surface area contributed by atoms with Crippen LogP contribution in [0.1, 0.15) is 41.7 Å². The zero-order valence-corrected chi connectivity index (χ0v) is 15.6. The van der Waals surface area contributed by atoms with Crippen LogP contribution in [0.25, 0.3) is 0 Å². The predicted molar refractivity (Wildman–Crippen MR) is 101 cm³/mol. The molecule has 2 atom stereocenters. The fraction of sp³-hybridized carbons (Fsp3) is 0.318. The summed E-state index contributed by atoms with van der Waals surface area (Å²) in [6.07, 6.45) is 0.798. The summed E-state index contributed by atoms with van der Waals surface area (Å²) in [6.45, 7) is 2.53. The summed E-state index contributed by atoms with van der Waals surface area (Å²) < 4.78 is 18.8. The summed E-state index contributed by atoms with van der Waals surface area (Å²) in [7, 11) is 0. The molecule has 6 heteroatoms. The second kappa shape index (κ2) is 8.66. The number of esters is 1. The van der Waals surface area contributed by atoms with E-state index in [-0.39, 0.29) is 17.9 Å². The molecular weight excluding hydrogens is 359 g/mol. The van der Waals surface area contributed by atoms with Crippen molar-refractivity contribution in [2.24, 2.45) is 5.92 Å². The number of carbonyl (C=O) groups excluding carboxylic acids is 2. The highest BCUT2D eigenvalue weighted by molar-refractivity contribution is 5.87. The quantitative estimate of drug-likeness (QED) is 0.781. The molecule has 0 spiro atoms. The molecule has 3 rings (SSSR count). The summed E-state index contributed by atoms with van der Waals surface area (Å²) in [4.78, 5) is 24.4. The maximum Gasteiger partial charge on any atom is 0.307 e. The number of hydrogen-bond donors (Lipinski definition) is 1. The van der Waals surface area contributed by atoms with Crippen LogP contribution >= 0.6 is 0 Å². The number of nitrogens with one attached hydrogen (secondary N) is 1. The van der Waals surface area contributed by atoms with Gasteiger partial charge in [0.2, 0.25) is 5.91 Å². The van der Waals surface area contributed by atoms with Crippen LogP contribution in [0.15, 0.2) is 42.5 Å². The van der Waals surface area contributed by atoms with E-state index < -0.39 is 23.8 Å². The van der Waals surface area contributed by atoms with Gasteiger partial charge in [0.15, 0.2) is 0 Å². The van der Waals surface area contributed by atoms with Crippen LogP contribution in [0.4, 0.5) is 4.39 Å². The van der Waals surface area contributed by atoms with Gasteiger partial charge in [0, 0.05) is 6.54 Å². The van der Waals surface area contributed by atoms with E-state index in [2.05, 4.69) is 24.4 Å². The Labute approximate surface area is 163 Å². The summed E-state index contributed by atoms with van der Waals surface area (Å²) in [6, 6.07) is 13.9. The van der Waals surface area contributed by atoms with Gasteiger partial charge in [0.05, 0.1) is 17.9 Å². The molecule has 2 aromatic rings. The van der Waals surface area contributed by atoms with Gasteiger partial charge in [0.1, 0.15) is 18.0 Å². The lowest BCUT2D eigenvalue weighted by atomic mass is 9.93. The molecule has 144 valence electrons. The Kier molecular flexibility index (Phi) is 6.05. The minimum atomic E-state index is -0.816. The van der Waals surface area contributed by atoms with E-state index in [1.165, 1.54) is 17.7 Å². The number of ether oxygens (including phenoxy) is 1. The summed E-state index contributed by atoms with van der Waals surface area (Å²) >= 11 is 0. The van der Waals surface area contributed by atoms with Gasteiger partial charge < -0.3 is 10.1 Å². The number of nitrogens with zero attached hydrogens (tertiary/aromatic N) is 1. The highest BCUT2D eigenvalue weighted by Crippen LogP contribution is 2.36. The lowest BCUT2D eigenvalue weighted by Gasteiger charge is -2.18. The van der Waals surface area contributed by atoms with Crippen LogP contribution in [0.3, 0.4) is 0 Å². The first-order valence-electron chi connectivity index (χ1n) is 9.26. The van der Waals surface area contributed by atoms with Crippen LogP contribution in [0.5, 0.6) is 0 Å². The van der Waals surface area contributed by atoms with Gasteiger partial charge >= 0.3 is 5.97 Å². The number of carbonyl (C=O) groups is 2. The number of halogens is 1. The molecule has 1 unspecified atom stereocenters. The zero-order valence-electron chi connectivity index (χ0n) is 15.6. The Morgan fingerprint density at radius 3 is 2.64 bits per heavy atom. The van der Waals surface area contributed by atoms with Gasteiger partial charge in [-0.05, 0) is 41.7 Å². The van der Waals surface area contributed by atoms with Crippen molar-refractivity contribution in [3.8, 4) is 6.07 Å². The molecule has 0 bridgehead atoms. The van der Waals surface area contributed by atoms with Crippen molar-refractivity contribution in [2.75, 3.05) is 6.54 Å². The molecule has 0 aromatic heterocycles. The molecule has 1 saturated heterocycles. The van der Waals surface area contributed by atoms with Gasteiger partial charge in [-0.3, -0.25) is 9.59 Å². The highest BCUT2D eigenvalue weighted by Gasteiger charge is 2.40. The van der Waals surface area contributed by atoms with E-state index in [0.29, 0.717) is 18.5 Å². The molecule has 2 aromatic carbocycles. The average molecular weight is 380 g/mol. The molecule has 1 N–H and O–H groups in total. The third-order valence-electron chi connectivity index (χ3n) is 4.93. The van der Waals surface area contributed by atoms with Gasteiger partial charge in [-0.2, -0.15) is 5.26 Å². The number of aryl methyl sites for hydroxylation is 1. The van der Waals surface area contributed by atoms with Gasteiger partial charge in [-0.1, -0.05) is 37.3 Å². The normalized spacial score (nSPS) is 18.4. The zero-order chi connectivity index (χ0) is 20.1. The molecule has 1 aliphatic heterocycles. The molecule has 0 radical (unpaired) electrons. The fourth-order valence-electron chi connectivity index (χ4n) is 3.30. The second-order valence-corrected chi connectivity index (χ2v) is 6.78. The predicted octanol–water partition coefficient (Wildman–Crippen LogP) is 3.22. The SMILES string of the molecule is CCc1ccc(CCNC(=O)[C@H]2CC(=O)OC2c2ccc(F)c(C#N)c2)cc1. The maximum atomic E-state index is 13.6. The van der Waals surface area contributed by atoms with E-state index in [0.717, 1.165) is 18.1 Å². The van der Waals surface area contributed by atoms with Crippen LogP contribution in [0, 0.1) is 23.1 Å². The Balaban J connectivity index is 1.64. The first-order valence-corrected chi connectivity index (χ1v) is 9.26. The molecule has 0 saturated carbocycles. The monoisotopic (exact) mass is 380 g/mol.